The SMILES string of the molecule is CCN(O)C(=O)N1CCC(c2nc(-c3ccccc3)c(-c3ccccc3)s2)CC1. The summed E-state index contributed by atoms with van der Waals surface area (Å²) in [5.41, 5.74) is 3.34. The molecule has 0 bridgehead atoms. The van der Waals surface area contributed by atoms with Gasteiger partial charge in [-0.25, -0.2) is 14.8 Å². The fourth-order valence-electron chi connectivity index (χ4n) is 3.70. The Kier molecular flexibility index (Phi) is 5.92. The van der Waals surface area contributed by atoms with Gasteiger partial charge in [0, 0.05) is 31.1 Å². The molecule has 4 rings (SSSR count). The third kappa shape index (κ3) is 4.18. The summed E-state index contributed by atoms with van der Waals surface area (Å²) in [7, 11) is 0. The molecule has 1 aromatic heterocycles. The van der Waals surface area contributed by atoms with Crippen LogP contribution in [0.5, 0.6) is 0 Å². The van der Waals surface area contributed by atoms with Crippen molar-refractivity contribution in [3.05, 3.63) is 65.7 Å². The lowest BCUT2D eigenvalue weighted by Crippen LogP contribution is -2.45. The summed E-state index contributed by atoms with van der Waals surface area (Å²) in [4.78, 5) is 20.2. The number of thiazole rings is 1. The lowest BCUT2D eigenvalue weighted by molar-refractivity contribution is -0.0542. The van der Waals surface area contributed by atoms with Crippen molar-refractivity contribution < 1.29 is 10.0 Å². The van der Waals surface area contributed by atoms with Gasteiger partial charge < -0.3 is 4.90 Å². The van der Waals surface area contributed by atoms with Gasteiger partial charge in [0.05, 0.1) is 15.6 Å². The largest absolute Gasteiger partial charge is 0.343 e. The average molecular weight is 408 g/mol. The number of amides is 2. The van der Waals surface area contributed by atoms with Crippen LogP contribution in [0, 0.1) is 0 Å². The number of benzene rings is 2. The maximum Gasteiger partial charge on any atom is 0.343 e. The number of aromatic nitrogens is 1. The third-order valence-electron chi connectivity index (χ3n) is 5.36. The van der Waals surface area contributed by atoms with Crippen molar-refractivity contribution in [3.8, 4) is 21.7 Å². The minimum Gasteiger partial charge on any atom is -0.323 e. The molecule has 1 fully saturated rings. The van der Waals surface area contributed by atoms with E-state index >= 15 is 0 Å². The number of hydrogen-bond donors (Lipinski definition) is 1. The van der Waals surface area contributed by atoms with Gasteiger partial charge in [-0.05, 0) is 25.3 Å². The van der Waals surface area contributed by atoms with Gasteiger partial charge in [-0.15, -0.1) is 11.3 Å². The zero-order chi connectivity index (χ0) is 20.2. The highest BCUT2D eigenvalue weighted by Crippen LogP contribution is 2.41. The highest BCUT2D eigenvalue weighted by Gasteiger charge is 2.28. The lowest BCUT2D eigenvalue weighted by atomic mass is 9.97. The number of hydroxylamine groups is 2. The van der Waals surface area contributed by atoms with Crippen LogP contribution in [0.3, 0.4) is 0 Å². The summed E-state index contributed by atoms with van der Waals surface area (Å²) in [6, 6.07) is 20.4. The molecule has 1 saturated heterocycles. The van der Waals surface area contributed by atoms with Crippen molar-refractivity contribution in [1.29, 1.82) is 0 Å². The second-order valence-corrected chi connectivity index (χ2v) is 8.25. The average Bonchev–Trinajstić information content (AvgIpc) is 3.25. The predicted octanol–water partition coefficient (Wildman–Crippen LogP) is 5.49. The lowest BCUT2D eigenvalue weighted by Gasteiger charge is -2.32. The number of urea groups is 1. The molecule has 1 N–H and O–H groups in total. The number of rotatable bonds is 4. The van der Waals surface area contributed by atoms with E-state index < -0.39 is 0 Å². The standard InChI is InChI=1S/C23H25N3O2S/c1-2-26(28)23(27)25-15-13-19(14-16-25)22-24-20(17-9-5-3-6-10-17)21(29-22)18-11-7-4-8-12-18/h3-12,19,28H,2,13-16H2,1H3. The van der Waals surface area contributed by atoms with Crippen LogP contribution in [-0.2, 0) is 0 Å². The van der Waals surface area contributed by atoms with Crippen LogP contribution in [0.15, 0.2) is 60.7 Å². The normalized spacial score (nSPS) is 14.8. The van der Waals surface area contributed by atoms with Crippen LogP contribution < -0.4 is 0 Å². The van der Waals surface area contributed by atoms with Crippen molar-refractivity contribution >= 4 is 17.4 Å². The first kappa shape index (κ1) is 19.6. The summed E-state index contributed by atoms with van der Waals surface area (Å²) >= 11 is 1.76. The maximum atomic E-state index is 12.2. The summed E-state index contributed by atoms with van der Waals surface area (Å²) < 4.78 is 0. The number of piperidine rings is 1. The van der Waals surface area contributed by atoms with Crippen LogP contribution in [-0.4, -0.2) is 45.8 Å². The van der Waals surface area contributed by atoms with E-state index in [0.717, 1.165) is 34.2 Å². The van der Waals surface area contributed by atoms with Gasteiger partial charge in [-0.2, -0.15) is 0 Å². The Morgan fingerprint density at radius 3 is 2.24 bits per heavy atom. The molecule has 3 aromatic rings. The van der Waals surface area contributed by atoms with E-state index in [2.05, 4.69) is 36.4 Å². The van der Waals surface area contributed by atoms with Crippen LogP contribution in [0.1, 0.15) is 30.7 Å². The van der Waals surface area contributed by atoms with E-state index in [0.29, 0.717) is 25.6 Å². The van der Waals surface area contributed by atoms with Gasteiger partial charge >= 0.3 is 6.03 Å². The highest BCUT2D eigenvalue weighted by molar-refractivity contribution is 7.15. The summed E-state index contributed by atoms with van der Waals surface area (Å²) in [6.45, 7) is 3.34. The zero-order valence-corrected chi connectivity index (χ0v) is 17.3. The van der Waals surface area contributed by atoms with Gasteiger partial charge in [-0.1, -0.05) is 60.7 Å². The highest BCUT2D eigenvalue weighted by atomic mass is 32.1. The smallest absolute Gasteiger partial charge is 0.323 e. The monoisotopic (exact) mass is 407 g/mol. The Bertz CT molecular complexity index is 894. The minimum atomic E-state index is -0.306. The molecule has 29 heavy (non-hydrogen) atoms. The molecule has 0 unspecified atom stereocenters. The van der Waals surface area contributed by atoms with Crippen molar-refractivity contribution in [2.75, 3.05) is 19.6 Å². The van der Waals surface area contributed by atoms with Crippen LogP contribution in [0.4, 0.5) is 4.79 Å². The Morgan fingerprint density at radius 2 is 1.66 bits per heavy atom. The summed E-state index contributed by atoms with van der Waals surface area (Å²) in [6.07, 6.45) is 1.72. The molecule has 0 atom stereocenters. The van der Waals surface area contributed by atoms with Crippen molar-refractivity contribution in [2.24, 2.45) is 0 Å². The van der Waals surface area contributed by atoms with Crippen LogP contribution in [0.2, 0.25) is 0 Å². The molecule has 2 aromatic carbocycles. The fraction of sp³-hybridized carbons (Fsp3) is 0.304. The molecule has 0 spiro atoms. The molecule has 1 aliphatic rings. The number of hydrogen-bond acceptors (Lipinski definition) is 4. The van der Waals surface area contributed by atoms with E-state index in [-0.39, 0.29) is 6.03 Å². The zero-order valence-electron chi connectivity index (χ0n) is 16.5. The van der Waals surface area contributed by atoms with Gasteiger partial charge in [-0.3, -0.25) is 5.21 Å². The van der Waals surface area contributed by atoms with Crippen molar-refractivity contribution in [1.82, 2.24) is 14.9 Å². The molecule has 2 heterocycles. The molecule has 0 saturated carbocycles. The number of carbonyl (C=O) groups is 1. The Labute approximate surface area is 175 Å². The van der Waals surface area contributed by atoms with E-state index in [9.17, 15) is 10.0 Å². The van der Waals surface area contributed by atoms with Crippen molar-refractivity contribution in [2.45, 2.75) is 25.7 Å². The Hall–Kier alpha value is -2.70. The second-order valence-electron chi connectivity index (χ2n) is 7.22. The van der Waals surface area contributed by atoms with Gasteiger partial charge in [0.2, 0.25) is 0 Å². The molecule has 0 radical (unpaired) electrons. The first-order valence-corrected chi connectivity index (χ1v) is 10.9. The number of likely N-dealkylation sites (tertiary alicyclic amines) is 1. The Morgan fingerprint density at radius 1 is 1.07 bits per heavy atom. The molecular weight excluding hydrogens is 382 g/mol. The first-order chi connectivity index (χ1) is 14.2. The molecular formula is C23H25N3O2S. The van der Waals surface area contributed by atoms with Gasteiger partial charge in [0.1, 0.15) is 0 Å². The summed E-state index contributed by atoms with van der Waals surface area (Å²) in [5.74, 6) is 0.331. The molecule has 150 valence electrons. The van der Waals surface area contributed by atoms with Gasteiger partial charge in [0.15, 0.2) is 0 Å². The molecule has 1 aliphatic heterocycles. The third-order valence-corrected chi connectivity index (χ3v) is 6.63. The number of nitrogens with zero attached hydrogens (tertiary/aromatic N) is 3. The predicted molar refractivity (Wildman–Crippen MR) is 116 cm³/mol. The minimum absolute atomic E-state index is 0.298. The molecule has 0 aliphatic carbocycles. The number of carbonyl (C=O) groups excluding carboxylic acids is 1. The second kappa shape index (κ2) is 8.76. The van der Waals surface area contributed by atoms with E-state index in [1.807, 2.05) is 24.3 Å². The fourth-order valence-corrected chi connectivity index (χ4v) is 4.97. The topological polar surface area (TPSA) is 56.7 Å². The maximum absolute atomic E-state index is 12.2. The van der Waals surface area contributed by atoms with E-state index in [1.165, 1.54) is 10.4 Å². The molecule has 2 amide bonds. The molecule has 6 heteroatoms. The quantitative estimate of drug-likeness (QED) is 0.460. The van der Waals surface area contributed by atoms with E-state index in [1.54, 1.807) is 23.2 Å². The van der Waals surface area contributed by atoms with Gasteiger partial charge in [0.25, 0.3) is 0 Å². The summed E-state index contributed by atoms with van der Waals surface area (Å²) in [5, 5.41) is 11.6. The van der Waals surface area contributed by atoms with Crippen molar-refractivity contribution in [3.63, 3.8) is 0 Å². The van der Waals surface area contributed by atoms with Crippen LogP contribution >= 0.6 is 11.3 Å². The Balaban J connectivity index is 1.59. The van der Waals surface area contributed by atoms with Crippen LogP contribution in [0.25, 0.3) is 21.7 Å². The molecule has 5 nitrogen and oxygen atoms in total. The van der Waals surface area contributed by atoms with E-state index in [4.69, 9.17) is 4.98 Å². The first-order valence-electron chi connectivity index (χ1n) is 10.0.